The zero-order chi connectivity index (χ0) is 20.1. The van der Waals surface area contributed by atoms with E-state index in [-0.39, 0.29) is 17.9 Å². The fraction of sp³-hybridized carbons (Fsp3) is 0.450. The smallest absolute Gasteiger partial charge is 0.256 e. The van der Waals surface area contributed by atoms with E-state index in [0.717, 1.165) is 12.8 Å². The number of nitrogens with one attached hydrogen (secondary N) is 1. The minimum absolute atomic E-state index is 0.00875. The number of aromatic nitrogens is 2. The van der Waals surface area contributed by atoms with Crippen LogP contribution in [-0.2, 0) is 4.79 Å². The van der Waals surface area contributed by atoms with Gasteiger partial charge in [-0.15, -0.1) is 0 Å². The van der Waals surface area contributed by atoms with Crippen LogP contribution in [0.3, 0.4) is 0 Å². The second kappa shape index (κ2) is 8.88. The van der Waals surface area contributed by atoms with E-state index in [1.807, 2.05) is 16.5 Å². The second-order valence-corrected chi connectivity index (χ2v) is 6.91. The van der Waals surface area contributed by atoms with Crippen LogP contribution in [0, 0.1) is 0 Å². The van der Waals surface area contributed by atoms with Gasteiger partial charge in [0.1, 0.15) is 11.6 Å². The molecule has 0 radical (unpaired) electrons. The highest BCUT2D eigenvalue weighted by atomic mass is 16.5. The summed E-state index contributed by atoms with van der Waals surface area (Å²) in [6.07, 6.45) is 3.86. The Hall–Kier alpha value is -2.87. The van der Waals surface area contributed by atoms with Crippen molar-refractivity contribution in [1.29, 1.82) is 0 Å². The molecule has 0 aliphatic carbocycles. The topological polar surface area (TPSA) is 102 Å². The molecule has 1 aromatic heterocycles. The van der Waals surface area contributed by atoms with E-state index in [4.69, 9.17) is 10.5 Å². The maximum atomic E-state index is 12.5. The van der Waals surface area contributed by atoms with Crippen LogP contribution < -0.4 is 15.8 Å². The monoisotopic (exact) mass is 385 g/mol. The highest BCUT2D eigenvalue weighted by Gasteiger charge is 2.27. The molecule has 150 valence electrons. The number of piperidine rings is 1. The van der Waals surface area contributed by atoms with Crippen molar-refractivity contribution < 1.29 is 14.3 Å². The number of nitrogens with zero attached hydrogens (tertiary/aromatic N) is 3. The molecule has 2 amide bonds. The number of anilines is 1. The van der Waals surface area contributed by atoms with E-state index in [9.17, 15) is 9.59 Å². The van der Waals surface area contributed by atoms with Gasteiger partial charge in [0.15, 0.2) is 0 Å². The summed E-state index contributed by atoms with van der Waals surface area (Å²) in [6.45, 7) is 3.20. The SMILES string of the molecule is CC[C@H](N)C(=O)N1CCC(n2nccc2NC(=O)c2ccc(OC)cc2)CC1. The molecule has 0 unspecified atom stereocenters. The standard InChI is InChI=1S/C20H27N5O3/c1-3-17(21)20(27)24-12-9-15(10-13-24)25-18(8-11-22-25)23-19(26)14-4-6-16(28-2)7-5-14/h4-8,11,15,17H,3,9-10,12-13,21H2,1-2H3,(H,23,26)/t17-/m0/s1. The highest BCUT2D eigenvalue weighted by molar-refractivity contribution is 6.03. The zero-order valence-electron chi connectivity index (χ0n) is 16.3. The fourth-order valence-electron chi connectivity index (χ4n) is 3.38. The van der Waals surface area contributed by atoms with Crippen LogP contribution in [0.15, 0.2) is 36.5 Å². The van der Waals surface area contributed by atoms with Crippen molar-refractivity contribution in [3.05, 3.63) is 42.1 Å². The molecule has 0 saturated carbocycles. The number of nitrogens with two attached hydrogens (primary N) is 1. The molecule has 28 heavy (non-hydrogen) atoms. The maximum Gasteiger partial charge on any atom is 0.256 e. The van der Waals surface area contributed by atoms with Crippen molar-refractivity contribution in [3.63, 3.8) is 0 Å². The average molecular weight is 385 g/mol. The lowest BCUT2D eigenvalue weighted by atomic mass is 10.0. The van der Waals surface area contributed by atoms with Gasteiger partial charge in [0.2, 0.25) is 5.91 Å². The second-order valence-electron chi connectivity index (χ2n) is 6.91. The largest absolute Gasteiger partial charge is 0.497 e. The number of ether oxygens (including phenoxy) is 1. The minimum Gasteiger partial charge on any atom is -0.497 e. The third-order valence-electron chi connectivity index (χ3n) is 5.14. The Morgan fingerprint density at radius 2 is 1.93 bits per heavy atom. The summed E-state index contributed by atoms with van der Waals surface area (Å²) < 4.78 is 6.96. The number of hydrogen-bond acceptors (Lipinski definition) is 5. The first-order chi connectivity index (χ1) is 13.5. The number of carbonyl (C=O) groups excluding carboxylic acids is 2. The number of likely N-dealkylation sites (tertiary alicyclic amines) is 1. The maximum absolute atomic E-state index is 12.5. The van der Waals surface area contributed by atoms with Crippen LogP contribution >= 0.6 is 0 Å². The van der Waals surface area contributed by atoms with Crippen LogP contribution in [0.25, 0.3) is 0 Å². The number of carbonyl (C=O) groups is 2. The summed E-state index contributed by atoms with van der Waals surface area (Å²) in [5.74, 6) is 1.15. The summed E-state index contributed by atoms with van der Waals surface area (Å²) in [5.41, 5.74) is 6.41. The molecule has 1 atom stereocenters. The molecule has 2 aromatic rings. The predicted molar refractivity (Wildman–Crippen MR) is 106 cm³/mol. The van der Waals surface area contributed by atoms with Crippen molar-refractivity contribution in [3.8, 4) is 5.75 Å². The zero-order valence-corrected chi connectivity index (χ0v) is 16.3. The highest BCUT2D eigenvalue weighted by Crippen LogP contribution is 2.26. The third-order valence-corrected chi connectivity index (χ3v) is 5.14. The molecule has 1 aromatic carbocycles. The molecule has 8 nitrogen and oxygen atoms in total. The van der Waals surface area contributed by atoms with Crippen LogP contribution in [0.4, 0.5) is 5.82 Å². The van der Waals surface area contributed by atoms with E-state index >= 15 is 0 Å². The Kier molecular flexibility index (Phi) is 6.30. The van der Waals surface area contributed by atoms with Gasteiger partial charge in [0.05, 0.1) is 25.4 Å². The molecule has 1 aliphatic heterocycles. The van der Waals surface area contributed by atoms with Gasteiger partial charge in [-0.1, -0.05) is 6.92 Å². The summed E-state index contributed by atoms with van der Waals surface area (Å²) in [7, 11) is 1.59. The van der Waals surface area contributed by atoms with E-state index in [2.05, 4.69) is 10.4 Å². The first-order valence-corrected chi connectivity index (χ1v) is 9.56. The van der Waals surface area contributed by atoms with Gasteiger partial charge in [-0.05, 0) is 43.5 Å². The van der Waals surface area contributed by atoms with Crippen LogP contribution in [0.1, 0.15) is 42.6 Å². The van der Waals surface area contributed by atoms with E-state index in [0.29, 0.717) is 36.6 Å². The fourth-order valence-corrected chi connectivity index (χ4v) is 3.38. The summed E-state index contributed by atoms with van der Waals surface area (Å²) in [6, 6.07) is 8.42. The van der Waals surface area contributed by atoms with Gasteiger partial charge in [-0.2, -0.15) is 5.10 Å². The van der Waals surface area contributed by atoms with Crippen molar-refractivity contribution in [1.82, 2.24) is 14.7 Å². The molecule has 0 spiro atoms. The van der Waals surface area contributed by atoms with Gasteiger partial charge in [0, 0.05) is 24.7 Å². The molecule has 3 rings (SSSR count). The summed E-state index contributed by atoms with van der Waals surface area (Å²) >= 11 is 0. The van der Waals surface area contributed by atoms with Crippen LogP contribution in [-0.4, -0.2) is 52.7 Å². The molecule has 1 aliphatic rings. The summed E-state index contributed by atoms with van der Waals surface area (Å²) in [5, 5.41) is 7.31. The number of amides is 2. The Bertz CT molecular complexity index is 810. The first-order valence-electron chi connectivity index (χ1n) is 9.56. The lowest BCUT2D eigenvalue weighted by Crippen LogP contribution is -2.47. The molecule has 8 heteroatoms. The minimum atomic E-state index is -0.430. The van der Waals surface area contributed by atoms with E-state index < -0.39 is 6.04 Å². The van der Waals surface area contributed by atoms with Gasteiger partial charge in [-0.25, -0.2) is 4.68 Å². The molecule has 1 saturated heterocycles. The van der Waals surface area contributed by atoms with Gasteiger partial charge in [-0.3, -0.25) is 9.59 Å². The molecule has 2 heterocycles. The van der Waals surface area contributed by atoms with Crippen LogP contribution in [0.2, 0.25) is 0 Å². The van der Waals surface area contributed by atoms with Crippen molar-refractivity contribution >= 4 is 17.6 Å². The van der Waals surface area contributed by atoms with Crippen molar-refractivity contribution in [2.75, 3.05) is 25.5 Å². The van der Waals surface area contributed by atoms with E-state index in [1.54, 1.807) is 43.6 Å². The predicted octanol–water partition coefficient (Wildman–Crippen LogP) is 2.04. The van der Waals surface area contributed by atoms with Crippen LogP contribution in [0.5, 0.6) is 5.75 Å². The lowest BCUT2D eigenvalue weighted by molar-refractivity contribution is -0.134. The molecular weight excluding hydrogens is 358 g/mol. The van der Waals surface area contributed by atoms with Crippen molar-refractivity contribution in [2.24, 2.45) is 5.73 Å². The molecular formula is C20H27N5O3. The van der Waals surface area contributed by atoms with Gasteiger partial charge in [0.25, 0.3) is 5.91 Å². The Morgan fingerprint density at radius 3 is 2.54 bits per heavy atom. The third kappa shape index (κ3) is 4.33. The number of benzene rings is 1. The normalized spacial score (nSPS) is 15.9. The average Bonchev–Trinajstić information content (AvgIpc) is 3.20. The Labute approximate surface area is 164 Å². The molecule has 0 bridgehead atoms. The van der Waals surface area contributed by atoms with Crippen molar-refractivity contribution in [2.45, 2.75) is 38.3 Å². The Morgan fingerprint density at radius 1 is 1.25 bits per heavy atom. The Balaban J connectivity index is 1.62. The first kappa shape index (κ1) is 19.9. The van der Waals surface area contributed by atoms with Gasteiger partial charge >= 0.3 is 0 Å². The quantitative estimate of drug-likeness (QED) is 0.792. The number of hydrogen-bond donors (Lipinski definition) is 2. The van der Waals surface area contributed by atoms with Gasteiger partial charge < -0.3 is 20.7 Å². The lowest BCUT2D eigenvalue weighted by Gasteiger charge is -2.34. The molecule has 3 N–H and O–H groups in total. The molecule has 1 fully saturated rings. The summed E-state index contributed by atoms with van der Waals surface area (Å²) in [4.78, 5) is 26.6. The van der Waals surface area contributed by atoms with E-state index in [1.165, 1.54) is 0 Å². The number of rotatable bonds is 6. The number of methoxy groups -OCH3 is 1.